The zero-order valence-corrected chi connectivity index (χ0v) is 18.0. The second-order valence-electron chi connectivity index (χ2n) is 8.18. The first-order valence-corrected chi connectivity index (χ1v) is 12.3. The number of sulfonamides is 1. The van der Waals surface area contributed by atoms with Gasteiger partial charge in [0, 0.05) is 18.1 Å². The van der Waals surface area contributed by atoms with Gasteiger partial charge < -0.3 is 14.8 Å². The van der Waals surface area contributed by atoms with Gasteiger partial charge in [-0.25, -0.2) is 13.1 Å². The molecule has 0 radical (unpaired) electrons. The van der Waals surface area contributed by atoms with Crippen molar-refractivity contribution in [3.63, 3.8) is 0 Å². The molecular weight excluding hydrogens is 376 g/mol. The van der Waals surface area contributed by atoms with Crippen LogP contribution in [0.1, 0.15) is 57.4 Å². The summed E-state index contributed by atoms with van der Waals surface area (Å²) >= 11 is 0. The molecule has 0 spiro atoms. The topological polar surface area (TPSA) is 76.7 Å². The van der Waals surface area contributed by atoms with Gasteiger partial charge in [-0.15, -0.1) is 0 Å². The molecule has 2 aliphatic rings. The number of rotatable bonds is 8. The first kappa shape index (κ1) is 21.6. The summed E-state index contributed by atoms with van der Waals surface area (Å²) in [5.74, 6) is 1.53. The Balaban J connectivity index is 1.49. The lowest BCUT2D eigenvalue weighted by Gasteiger charge is -2.31. The van der Waals surface area contributed by atoms with Crippen molar-refractivity contribution in [2.24, 2.45) is 0 Å². The zero-order valence-electron chi connectivity index (χ0n) is 17.2. The highest BCUT2D eigenvalue weighted by molar-refractivity contribution is 7.88. The van der Waals surface area contributed by atoms with E-state index in [0.29, 0.717) is 25.2 Å². The van der Waals surface area contributed by atoms with Crippen LogP contribution in [-0.4, -0.2) is 52.1 Å². The highest BCUT2D eigenvalue weighted by Gasteiger charge is 2.34. The van der Waals surface area contributed by atoms with Crippen LogP contribution in [0.4, 0.5) is 0 Å². The number of benzene rings is 1. The normalized spacial score (nSPS) is 31.0. The van der Waals surface area contributed by atoms with Gasteiger partial charge in [-0.05, 0) is 63.5 Å². The average molecular weight is 411 g/mol. The van der Waals surface area contributed by atoms with Gasteiger partial charge in [0.2, 0.25) is 10.0 Å². The molecule has 1 aliphatic heterocycles. The van der Waals surface area contributed by atoms with Crippen LogP contribution in [0, 0.1) is 0 Å². The van der Waals surface area contributed by atoms with Crippen LogP contribution < -0.4 is 14.8 Å². The van der Waals surface area contributed by atoms with E-state index in [0.717, 1.165) is 37.9 Å². The summed E-state index contributed by atoms with van der Waals surface area (Å²) in [4.78, 5) is 0. The Labute approximate surface area is 169 Å². The Hall–Kier alpha value is -1.15. The van der Waals surface area contributed by atoms with Gasteiger partial charge in [0.25, 0.3) is 0 Å². The number of para-hydroxylation sites is 1. The second-order valence-corrected chi connectivity index (χ2v) is 9.96. The summed E-state index contributed by atoms with van der Waals surface area (Å²) in [6.45, 7) is 5.33. The van der Waals surface area contributed by atoms with Crippen LogP contribution in [-0.2, 0) is 14.8 Å². The van der Waals surface area contributed by atoms with Gasteiger partial charge in [0.1, 0.15) is 5.75 Å². The molecule has 3 rings (SSSR count). The van der Waals surface area contributed by atoms with Crippen LogP contribution in [0.2, 0.25) is 0 Å². The molecule has 6 nitrogen and oxygen atoms in total. The lowest BCUT2D eigenvalue weighted by Crippen LogP contribution is -2.46. The van der Waals surface area contributed by atoms with Crippen LogP contribution in [0.25, 0.3) is 0 Å². The summed E-state index contributed by atoms with van der Waals surface area (Å²) in [6.07, 6.45) is 6.49. The summed E-state index contributed by atoms with van der Waals surface area (Å²) in [7, 11) is -3.21. The molecule has 1 aliphatic carbocycles. The molecule has 1 aromatic rings. The third-order valence-corrected chi connectivity index (χ3v) is 6.53. The Morgan fingerprint density at radius 2 is 1.89 bits per heavy atom. The number of nitrogens with one attached hydrogen (secondary N) is 2. The molecule has 1 heterocycles. The van der Waals surface area contributed by atoms with Crippen LogP contribution >= 0.6 is 0 Å². The molecule has 1 aromatic carbocycles. The van der Waals surface area contributed by atoms with E-state index in [4.69, 9.17) is 9.47 Å². The molecule has 0 bridgehead atoms. The van der Waals surface area contributed by atoms with E-state index in [1.165, 1.54) is 11.8 Å². The lowest BCUT2D eigenvalue weighted by atomic mass is 9.82. The SMILES string of the molecule is CCOc1ccccc1C1CCC(OC[C@@H]2N[C@@H](C)C[C@@H]2NS(C)(=O)=O)CC1. The molecule has 2 N–H and O–H groups in total. The van der Waals surface area contributed by atoms with Crippen molar-refractivity contribution in [1.29, 1.82) is 0 Å². The monoisotopic (exact) mass is 410 g/mol. The average Bonchev–Trinajstić information content (AvgIpc) is 2.98. The quantitative estimate of drug-likeness (QED) is 0.689. The standard InChI is InChI=1S/C21H34N2O4S/c1-4-26-21-8-6-5-7-18(21)16-9-11-17(12-10-16)27-14-20-19(13-15(2)22-20)23-28(3,24)25/h5-8,15-17,19-20,22-23H,4,9-14H2,1-3H3/t15-,16?,17?,19-,20-/m0/s1. The third kappa shape index (κ3) is 5.92. The maximum atomic E-state index is 11.6. The number of ether oxygens (including phenoxy) is 2. The van der Waals surface area contributed by atoms with Crippen LogP contribution in [0.5, 0.6) is 5.75 Å². The van der Waals surface area contributed by atoms with E-state index in [1.54, 1.807) is 0 Å². The van der Waals surface area contributed by atoms with E-state index in [9.17, 15) is 8.42 Å². The van der Waals surface area contributed by atoms with Crippen molar-refractivity contribution < 1.29 is 17.9 Å². The highest BCUT2D eigenvalue weighted by atomic mass is 32.2. The lowest BCUT2D eigenvalue weighted by molar-refractivity contribution is 0.0121. The van der Waals surface area contributed by atoms with Gasteiger partial charge in [-0.3, -0.25) is 0 Å². The van der Waals surface area contributed by atoms with Crippen molar-refractivity contribution in [2.75, 3.05) is 19.5 Å². The molecule has 0 unspecified atom stereocenters. The van der Waals surface area contributed by atoms with Crippen LogP contribution in [0.3, 0.4) is 0 Å². The first-order chi connectivity index (χ1) is 13.4. The van der Waals surface area contributed by atoms with Crippen molar-refractivity contribution in [1.82, 2.24) is 10.0 Å². The molecule has 1 saturated heterocycles. The Kier molecular flexibility index (Phi) is 7.36. The minimum atomic E-state index is -3.21. The van der Waals surface area contributed by atoms with E-state index >= 15 is 0 Å². The predicted octanol–water partition coefficient (Wildman–Crippen LogP) is 2.80. The molecule has 1 saturated carbocycles. The van der Waals surface area contributed by atoms with Crippen molar-refractivity contribution in [3.8, 4) is 5.75 Å². The fraction of sp³-hybridized carbons (Fsp3) is 0.714. The fourth-order valence-corrected chi connectivity index (χ4v) is 5.36. The molecular formula is C21H34N2O4S. The summed E-state index contributed by atoms with van der Waals surface area (Å²) < 4.78 is 37.9. The molecule has 0 aromatic heterocycles. The minimum Gasteiger partial charge on any atom is -0.494 e. The van der Waals surface area contributed by atoms with Gasteiger partial charge in [0.05, 0.1) is 25.6 Å². The Bertz CT molecular complexity index is 732. The summed E-state index contributed by atoms with van der Waals surface area (Å²) in [5.41, 5.74) is 1.31. The largest absolute Gasteiger partial charge is 0.494 e. The molecule has 158 valence electrons. The molecule has 2 fully saturated rings. The zero-order chi connectivity index (χ0) is 20.1. The summed E-state index contributed by atoms with van der Waals surface area (Å²) in [6, 6.07) is 8.58. The predicted molar refractivity (Wildman–Crippen MR) is 111 cm³/mol. The second kappa shape index (κ2) is 9.57. The highest BCUT2D eigenvalue weighted by Crippen LogP contribution is 2.38. The first-order valence-electron chi connectivity index (χ1n) is 10.4. The van der Waals surface area contributed by atoms with Gasteiger partial charge in [-0.2, -0.15) is 0 Å². The van der Waals surface area contributed by atoms with Crippen molar-refractivity contribution in [2.45, 2.75) is 76.1 Å². The van der Waals surface area contributed by atoms with E-state index in [-0.39, 0.29) is 18.2 Å². The Morgan fingerprint density at radius 3 is 2.57 bits per heavy atom. The van der Waals surface area contributed by atoms with E-state index in [1.807, 2.05) is 13.0 Å². The maximum Gasteiger partial charge on any atom is 0.209 e. The van der Waals surface area contributed by atoms with Crippen molar-refractivity contribution in [3.05, 3.63) is 29.8 Å². The molecule has 0 amide bonds. The van der Waals surface area contributed by atoms with Crippen molar-refractivity contribution >= 4 is 10.0 Å². The number of hydrogen-bond acceptors (Lipinski definition) is 5. The van der Waals surface area contributed by atoms with Gasteiger partial charge in [-0.1, -0.05) is 18.2 Å². The van der Waals surface area contributed by atoms with E-state index in [2.05, 4.69) is 35.2 Å². The summed E-state index contributed by atoms with van der Waals surface area (Å²) in [5, 5.41) is 3.45. The van der Waals surface area contributed by atoms with Gasteiger partial charge >= 0.3 is 0 Å². The number of hydrogen-bond donors (Lipinski definition) is 2. The molecule has 28 heavy (non-hydrogen) atoms. The smallest absolute Gasteiger partial charge is 0.209 e. The van der Waals surface area contributed by atoms with Gasteiger partial charge in [0.15, 0.2) is 0 Å². The Morgan fingerprint density at radius 1 is 1.18 bits per heavy atom. The fourth-order valence-electron chi connectivity index (χ4n) is 4.55. The third-order valence-electron chi connectivity index (χ3n) is 5.80. The molecule has 7 heteroatoms. The van der Waals surface area contributed by atoms with E-state index < -0.39 is 10.0 Å². The minimum absolute atomic E-state index is 0.0288. The molecule has 3 atom stereocenters. The maximum absolute atomic E-state index is 11.6. The van der Waals surface area contributed by atoms with Crippen LogP contribution in [0.15, 0.2) is 24.3 Å².